The number of aliphatic hydroxyl groups excluding tert-OH is 1. The van der Waals surface area contributed by atoms with Gasteiger partial charge in [0.05, 0.1) is 13.2 Å². The summed E-state index contributed by atoms with van der Waals surface area (Å²) in [7, 11) is 0. The molecule has 0 aliphatic rings. The molecular weight excluding hydrogens is 216 g/mol. The molecule has 0 amide bonds. The Bertz CT molecular complexity index is 334. The summed E-state index contributed by atoms with van der Waals surface area (Å²) in [5, 5.41) is 9.15. The Balaban J connectivity index is 2.51. The molecule has 1 rings (SSSR count). The topological polar surface area (TPSA) is 38.7 Å². The third-order valence-electron chi connectivity index (χ3n) is 2.61. The monoisotopic (exact) mass is 238 g/mol. The van der Waals surface area contributed by atoms with Gasteiger partial charge in [-0.3, -0.25) is 0 Å². The maximum atomic E-state index is 9.15. The molecule has 1 aromatic carbocycles. The lowest BCUT2D eigenvalue weighted by Crippen LogP contribution is -2.20. The van der Waals surface area contributed by atoms with E-state index in [2.05, 4.69) is 0 Å². The average molecular weight is 238 g/mol. The van der Waals surface area contributed by atoms with Crippen LogP contribution in [0.25, 0.3) is 0 Å². The summed E-state index contributed by atoms with van der Waals surface area (Å²) in [4.78, 5) is 0. The Labute approximate surface area is 103 Å². The molecule has 17 heavy (non-hydrogen) atoms. The van der Waals surface area contributed by atoms with Gasteiger partial charge in [0.2, 0.25) is 0 Å². The molecule has 0 aliphatic heterocycles. The van der Waals surface area contributed by atoms with E-state index in [-0.39, 0.29) is 12.0 Å². The Morgan fingerprint density at radius 2 is 1.71 bits per heavy atom. The van der Waals surface area contributed by atoms with Crippen LogP contribution in [0.5, 0.6) is 11.5 Å². The van der Waals surface area contributed by atoms with Crippen LogP contribution >= 0.6 is 0 Å². The van der Waals surface area contributed by atoms with E-state index in [1.807, 2.05) is 45.0 Å². The molecule has 0 aliphatic carbocycles. The molecule has 0 bridgehead atoms. The van der Waals surface area contributed by atoms with E-state index in [9.17, 15) is 0 Å². The summed E-state index contributed by atoms with van der Waals surface area (Å²) < 4.78 is 11.2. The van der Waals surface area contributed by atoms with Crippen LogP contribution in [0.4, 0.5) is 0 Å². The maximum absolute atomic E-state index is 9.15. The molecule has 3 nitrogen and oxygen atoms in total. The van der Waals surface area contributed by atoms with Gasteiger partial charge in [-0.05, 0) is 30.9 Å². The highest BCUT2D eigenvalue weighted by Gasteiger charge is 2.16. The first-order chi connectivity index (χ1) is 8.09. The molecule has 0 unspecified atom stereocenters. The van der Waals surface area contributed by atoms with E-state index in [0.29, 0.717) is 13.2 Å². The smallest absolute Gasteiger partial charge is 0.161 e. The van der Waals surface area contributed by atoms with Gasteiger partial charge in [-0.15, -0.1) is 0 Å². The summed E-state index contributed by atoms with van der Waals surface area (Å²) in [6, 6.07) is 7.65. The molecule has 0 aromatic heterocycles. The van der Waals surface area contributed by atoms with Crippen LogP contribution in [0.3, 0.4) is 0 Å². The Hall–Kier alpha value is -1.22. The highest BCUT2D eigenvalue weighted by Crippen LogP contribution is 2.27. The van der Waals surface area contributed by atoms with Crippen molar-refractivity contribution in [1.82, 2.24) is 0 Å². The summed E-state index contributed by atoms with van der Waals surface area (Å²) in [6.07, 6.45) is 0.809. The first-order valence-corrected chi connectivity index (χ1v) is 6.04. The van der Waals surface area contributed by atoms with Crippen molar-refractivity contribution in [1.29, 1.82) is 0 Å². The van der Waals surface area contributed by atoms with Gasteiger partial charge >= 0.3 is 0 Å². The second-order valence-corrected chi connectivity index (χ2v) is 4.80. The Morgan fingerprint density at radius 3 is 2.24 bits per heavy atom. The minimum absolute atomic E-state index is 0.0967. The van der Waals surface area contributed by atoms with E-state index in [0.717, 1.165) is 17.9 Å². The van der Waals surface area contributed by atoms with Gasteiger partial charge in [-0.25, -0.2) is 0 Å². The summed E-state index contributed by atoms with van der Waals surface area (Å²) in [5.41, 5.74) is -0.0967. The number of hydrogen-bond donors (Lipinski definition) is 1. The lowest BCUT2D eigenvalue weighted by Gasteiger charge is -2.21. The van der Waals surface area contributed by atoms with Gasteiger partial charge in [0.1, 0.15) is 0 Å². The molecular formula is C14H22O3. The fourth-order valence-corrected chi connectivity index (χ4v) is 1.36. The molecule has 0 radical (unpaired) electrons. The molecule has 0 saturated heterocycles. The van der Waals surface area contributed by atoms with E-state index >= 15 is 0 Å². The fraction of sp³-hybridized carbons (Fsp3) is 0.571. The lowest BCUT2D eigenvalue weighted by atomic mass is 9.91. The van der Waals surface area contributed by atoms with Crippen LogP contribution in [0, 0.1) is 5.41 Å². The standard InChI is InChI=1S/C14H22O3/c1-4-16-12-7-5-6-8-13(12)17-10-9-14(2,3)11-15/h5-8,15H,4,9-11H2,1-3H3. The van der Waals surface area contributed by atoms with Crippen molar-refractivity contribution in [2.75, 3.05) is 19.8 Å². The van der Waals surface area contributed by atoms with Crippen LogP contribution in [-0.2, 0) is 0 Å². The molecule has 0 atom stereocenters. The van der Waals surface area contributed by atoms with Crippen molar-refractivity contribution in [3.8, 4) is 11.5 Å². The predicted octanol–water partition coefficient (Wildman–Crippen LogP) is 2.87. The molecule has 0 heterocycles. The van der Waals surface area contributed by atoms with E-state index in [1.165, 1.54) is 0 Å². The van der Waals surface area contributed by atoms with Gasteiger partial charge in [-0.2, -0.15) is 0 Å². The third kappa shape index (κ3) is 4.65. The zero-order valence-corrected chi connectivity index (χ0v) is 10.9. The molecule has 0 fully saturated rings. The minimum atomic E-state index is -0.0967. The summed E-state index contributed by atoms with van der Waals surface area (Å²) in [6.45, 7) is 7.37. The molecule has 0 spiro atoms. The van der Waals surface area contributed by atoms with Gasteiger partial charge < -0.3 is 14.6 Å². The zero-order valence-electron chi connectivity index (χ0n) is 10.9. The number of ether oxygens (including phenoxy) is 2. The Morgan fingerprint density at radius 1 is 1.12 bits per heavy atom. The lowest BCUT2D eigenvalue weighted by molar-refractivity contribution is 0.127. The number of aliphatic hydroxyl groups is 1. The van der Waals surface area contributed by atoms with Crippen LogP contribution in [0.15, 0.2) is 24.3 Å². The highest BCUT2D eigenvalue weighted by molar-refractivity contribution is 5.39. The fourth-order valence-electron chi connectivity index (χ4n) is 1.36. The first-order valence-electron chi connectivity index (χ1n) is 6.04. The van der Waals surface area contributed by atoms with Gasteiger partial charge in [0, 0.05) is 6.61 Å². The quantitative estimate of drug-likeness (QED) is 0.794. The van der Waals surface area contributed by atoms with Crippen LogP contribution in [0.2, 0.25) is 0 Å². The van der Waals surface area contributed by atoms with Crippen molar-refractivity contribution < 1.29 is 14.6 Å². The summed E-state index contributed by atoms with van der Waals surface area (Å²) >= 11 is 0. The SMILES string of the molecule is CCOc1ccccc1OCCC(C)(C)CO. The van der Waals surface area contributed by atoms with Crippen LogP contribution in [0.1, 0.15) is 27.2 Å². The van der Waals surface area contributed by atoms with Gasteiger partial charge in [0.25, 0.3) is 0 Å². The van der Waals surface area contributed by atoms with Crippen molar-refractivity contribution in [2.45, 2.75) is 27.2 Å². The van der Waals surface area contributed by atoms with Crippen LogP contribution < -0.4 is 9.47 Å². The second kappa shape index (κ2) is 6.50. The number of hydrogen-bond acceptors (Lipinski definition) is 3. The van der Waals surface area contributed by atoms with Gasteiger partial charge in [-0.1, -0.05) is 26.0 Å². The molecule has 0 saturated carbocycles. The molecule has 1 N–H and O–H groups in total. The molecule has 3 heteroatoms. The first kappa shape index (κ1) is 13.8. The van der Waals surface area contributed by atoms with E-state index in [1.54, 1.807) is 0 Å². The average Bonchev–Trinajstić information content (AvgIpc) is 2.31. The molecule has 1 aromatic rings. The number of rotatable bonds is 7. The maximum Gasteiger partial charge on any atom is 0.161 e. The third-order valence-corrected chi connectivity index (χ3v) is 2.61. The van der Waals surface area contributed by atoms with Gasteiger partial charge in [0.15, 0.2) is 11.5 Å². The van der Waals surface area contributed by atoms with E-state index in [4.69, 9.17) is 14.6 Å². The second-order valence-electron chi connectivity index (χ2n) is 4.80. The van der Waals surface area contributed by atoms with E-state index < -0.39 is 0 Å². The highest BCUT2D eigenvalue weighted by atomic mass is 16.5. The largest absolute Gasteiger partial charge is 0.490 e. The normalized spacial score (nSPS) is 11.3. The number of para-hydroxylation sites is 2. The molecule has 96 valence electrons. The van der Waals surface area contributed by atoms with Crippen molar-refractivity contribution >= 4 is 0 Å². The predicted molar refractivity (Wildman–Crippen MR) is 68.6 cm³/mol. The van der Waals surface area contributed by atoms with Crippen molar-refractivity contribution in [3.63, 3.8) is 0 Å². The zero-order chi connectivity index (χ0) is 12.7. The van der Waals surface area contributed by atoms with Crippen molar-refractivity contribution in [2.24, 2.45) is 5.41 Å². The van der Waals surface area contributed by atoms with Crippen molar-refractivity contribution in [3.05, 3.63) is 24.3 Å². The minimum Gasteiger partial charge on any atom is -0.490 e. The number of benzene rings is 1. The van der Waals surface area contributed by atoms with Crippen LogP contribution in [-0.4, -0.2) is 24.9 Å². The summed E-state index contributed by atoms with van der Waals surface area (Å²) in [5.74, 6) is 1.54. The Kier molecular flexibility index (Phi) is 5.29.